The quantitative estimate of drug-likeness (QED) is 0.318. The zero-order chi connectivity index (χ0) is 21.3. The Morgan fingerprint density at radius 3 is 2.63 bits per heavy atom. The summed E-state index contributed by atoms with van der Waals surface area (Å²) in [6, 6.07) is 12.7. The van der Waals surface area contributed by atoms with Gasteiger partial charge in [0.1, 0.15) is 0 Å². The number of thiazole rings is 1. The molecule has 0 N–H and O–H groups in total. The minimum Gasteiger partial charge on any atom is -0.490 e. The summed E-state index contributed by atoms with van der Waals surface area (Å²) >= 11 is 4.65. The predicted molar refractivity (Wildman–Crippen MR) is 118 cm³/mol. The van der Waals surface area contributed by atoms with E-state index in [-0.39, 0.29) is 5.56 Å². The molecule has 0 aliphatic carbocycles. The van der Waals surface area contributed by atoms with Crippen molar-refractivity contribution >= 4 is 44.3 Å². The number of halogens is 1. The van der Waals surface area contributed by atoms with Crippen LogP contribution in [0.3, 0.4) is 0 Å². The largest absolute Gasteiger partial charge is 0.490 e. The lowest BCUT2D eigenvalue weighted by Gasteiger charge is -2.10. The van der Waals surface area contributed by atoms with Gasteiger partial charge in [-0.2, -0.15) is 9.50 Å². The van der Waals surface area contributed by atoms with Crippen LogP contribution in [-0.4, -0.2) is 27.2 Å². The van der Waals surface area contributed by atoms with Crippen LogP contribution in [0.5, 0.6) is 11.5 Å². The lowest BCUT2D eigenvalue weighted by atomic mass is 10.2. The zero-order valence-corrected chi connectivity index (χ0v) is 18.5. The van der Waals surface area contributed by atoms with Crippen LogP contribution in [0.15, 0.2) is 51.7 Å². The number of benzene rings is 2. The molecule has 0 unspecified atom stereocenters. The molecule has 0 fully saturated rings. The molecule has 0 aliphatic heterocycles. The van der Waals surface area contributed by atoms with Gasteiger partial charge in [0, 0.05) is 17.0 Å². The first-order valence-electron chi connectivity index (χ1n) is 9.07. The number of aromatic nitrogens is 3. The molecule has 2 aromatic heterocycles. The van der Waals surface area contributed by atoms with E-state index < -0.39 is 5.97 Å². The van der Waals surface area contributed by atoms with Gasteiger partial charge < -0.3 is 9.47 Å². The molecule has 2 aromatic carbocycles. The van der Waals surface area contributed by atoms with Crippen LogP contribution < -0.4 is 19.6 Å². The molecule has 152 valence electrons. The number of carbonyl (C=O) groups is 1. The van der Waals surface area contributed by atoms with Crippen molar-refractivity contribution in [3.8, 4) is 22.9 Å². The maximum absolute atomic E-state index is 12.8. The summed E-state index contributed by atoms with van der Waals surface area (Å²) < 4.78 is 13.5. The number of hydrogen-bond donors (Lipinski definition) is 0. The molecule has 0 bridgehead atoms. The first kappa shape index (κ1) is 20.2. The molecule has 2 heterocycles. The molecule has 0 saturated heterocycles. The van der Waals surface area contributed by atoms with Crippen LogP contribution in [0.4, 0.5) is 0 Å². The fourth-order valence-electron chi connectivity index (χ4n) is 2.83. The van der Waals surface area contributed by atoms with Gasteiger partial charge in [0.2, 0.25) is 4.96 Å². The standard InChI is InChI=1S/C21H16BrN3O4S/c1-3-28-17-10-13(4-9-16(17)29-12(2)26)11-18-20(27)25-21(30-18)23-19(24-25)14-5-7-15(22)8-6-14/h4-11H,3H2,1-2H3/b18-11+. The van der Waals surface area contributed by atoms with Crippen molar-refractivity contribution in [1.29, 1.82) is 0 Å². The van der Waals surface area contributed by atoms with Crippen molar-refractivity contribution < 1.29 is 14.3 Å². The van der Waals surface area contributed by atoms with E-state index in [1.54, 1.807) is 24.3 Å². The zero-order valence-electron chi connectivity index (χ0n) is 16.1. The van der Waals surface area contributed by atoms with Crippen LogP contribution in [0, 0.1) is 0 Å². The molecule has 0 atom stereocenters. The highest BCUT2D eigenvalue weighted by Crippen LogP contribution is 2.29. The molecule has 0 amide bonds. The highest BCUT2D eigenvalue weighted by molar-refractivity contribution is 9.10. The fourth-order valence-corrected chi connectivity index (χ4v) is 4.00. The summed E-state index contributed by atoms with van der Waals surface area (Å²) in [6.45, 7) is 3.59. The van der Waals surface area contributed by atoms with Crippen molar-refractivity contribution in [2.75, 3.05) is 6.61 Å². The number of rotatable bonds is 5. The van der Waals surface area contributed by atoms with Crippen LogP contribution in [0.2, 0.25) is 0 Å². The number of esters is 1. The normalized spacial score (nSPS) is 11.8. The second-order valence-electron chi connectivity index (χ2n) is 6.29. The average molecular weight is 486 g/mol. The second-order valence-corrected chi connectivity index (χ2v) is 8.21. The lowest BCUT2D eigenvalue weighted by molar-refractivity contribution is -0.132. The third kappa shape index (κ3) is 4.12. The van der Waals surface area contributed by atoms with Gasteiger partial charge in [0.05, 0.1) is 11.1 Å². The summed E-state index contributed by atoms with van der Waals surface area (Å²) in [5.74, 6) is 0.847. The maximum Gasteiger partial charge on any atom is 0.308 e. The van der Waals surface area contributed by atoms with Gasteiger partial charge in [-0.1, -0.05) is 45.5 Å². The molecule has 0 radical (unpaired) electrons. The van der Waals surface area contributed by atoms with Gasteiger partial charge in [0.15, 0.2) is 17.3 Å². The number of fused-ring (bicyclic) bond motifs is 1. The summed E-state index contributed by atoms with van der Waals surface area (Å²) in [5, 5.41) is 4.35. The van der Waals surface area contributed by atoms with Gasteiger partial charge in [-0.05, 0) is 42.8 Å². The average Bonchev–Trinajstić information content (AvgIpc) is 3.24. The molecule has 30 heavy (non-hydrogen) atoms. The van der Waals surface area contributed by atoms with Crippen molar-refractivity contribution in [3.05, 3.63) is 67.4 Å². The molecule has 0 aliphatic rings. The third-order valence-electron chi connectivity index (χ3n) is 4.10. The highest BCUT2D eigenvalue weighted by atomic mass is 79.9. The molecular weight excluding hydrogens is 470 g/mol. The summed E-state index contributed by atoms with van der Waals surface area (Å²) in [7, 11) is 0. The third-order valence-corrected chi connectivity index (χ3v) is 5.59. The number of hydrogen-bond acceptors (Lipinski definition) is 7. The number of carbonyl (C=O) groups excluding carboxylic acids is 1. The molecule has 4 rings (SSSR count). The van der Waals surface area contributed by atoms with Crippen LogP contribution in [0.1, 0.15) is 19.4 Å². The summed E-state index contributed by atoms with van der Waals surface area (Å²) in [4.78, 5) is 29.1. The summed E-state index contributed by atoms with van der Waals surface area (Å²) in [6.07, 6.45) is 1.74. The fraction of sp³-hybridized carbons (Fsp3) is 0.143. The van der Waals surface area contributed by atoms with E-state index in [2.05, 4.69) is 26.0 Å². The molecule has 4 aromatic rings. The second kappa shape index (κ2) is 8.37. The van der Waals surface area contributed by atoms with E-state index in [0.717, 1.165) is 15.6 Å². The first-order valence-corrected chi connectivity index (χ1v) is 10.7. The first-order chi connectivity index (χ1) is 14.4. The van der Waals surface area contributed by atoms with Crippen molar-refractivity contribution in [1.82, 2.24) is 14.6 Å². The van der Waals surface area contributed by atoms with Crippen molar-refractivity contribution in [2.24, 2.45) is 0 Å². The topological polar surface area (TPSA) is 82.8 Å². The molecular formula is C21H16BrN3O4S. The van der Waals surface area contributed by atoms with Crippen molar-refractivity contribution in [3.63, 3.8) is 0 Å². The van der Waals surface area contributed by atoms with Gasteiger partial charge >= 0.3 is 5.97 Å². The monoisotopic (exact) mass is 485 g/mol. The lowest BCUT2D eigenvalue weighted by Crippen LogP contribution is -2.23. The summed E-state index contributed by atoms with van der Waals surface area (Å²) in [5.41, 5.74) is 1.33. The van der Waals surface area contributed by atoms with E-state index in [9.17, 15) is 9.59 Å². The maximum atomic E-state index is 12.8. The van der Waals surface area contributed by atoms with Gasteiger partial charge in [0.25, 0.3) is 5.56 Å². The van der Waals surface area contributed by atoms with Crippen molar-refractivity contribution in [2.45, 2.75) is 13.8 Å². The van der Waals surface area contributed by atoms with Crippen LogP contribution in [-0.2, 0) is 4.79 Å². The Kier molecular flexibility index (Phi) is 5.65. The van der Waals surface area contributed by atoms with Gasteiger partial charge in [-0.25, -0.2) is 0 Å². The number of nitrogens with zero attached hydrogens (tertiary/aromatic N) is 3. The van der Waals surface area contributed by atoms with E-state index in [0.29, 0.717) is 33.4 Å². The number of ether oxygens (including phenoxy) is 2. The SMILES string of the molecule is CCOc1cc(/C=c2/sc3nc(-c4ccc(Br)cc4)nn3c2=O)ccc1OC(C)=O. The Morgan fingerprint density at radius 2 is 1.97 bits per heavy atom. The Morgan fingerprint density at radius 1 is 1.20 bits per heavy atom. The minimum absolute atomic E-state index is 0.243. The highest BCUT2D eigenvalue weighted by Gasteiger charge is 2.13. The van der Waals surface area contributed by atoms with Crippen LogP contribution in [0.25, 0.3) is 22.4 Å². The van der Waals surface area contributed by atoms with E-state index in [1.807, 2.05) is 31.2 Å². The smallest absolute Gasteiger partial charge is 0.308 e. The van der Waals surface area contributed by atoms with Crippen LogP contribution >= 0.6 is 27.3 Å². The molecule has 0 saturated carbocycles. The Bertz CT molecular complexity index is 1350. The van der Waals surface area contributed by atoms with E-state index in [1.165, 1.54) is 22.8 Å². The van der Waals surface area contributed by atoms with Gasteiger partial charge in [-0.15, -0.1) is 5.10 Å². The molecule has 9 heteroatoms. The predicted octanol–water partition coefficient (Wildman–Crippen LogP) is 3.45. The molecule has 7 nitrogen and oxygen atoms in total. The van der Waals surface area contributed by atoms with E-state index in [4.69, 9.17) is 9.47 Å². The minimum atomic E-state index is -0.429. The Labute approximate surface area is 183 Å². The Balaban J connectivity index is 1.72. The van der Waals surface area contributed by atoms with E-state index >= 15 is 0 Å². The Hall–Kier alpha value is -3.04. The molecule has 0 spiro atoms. The van der Waals surface area contributed by atoms with Gasteiger partial charge in [-0.3, -0.25) is 9.59 Å².